The van der Waals surface area contributed by atoms with Crippen LogP contribution in [0.2, 0.25) is 0 Å². The highest BCUT2D eigenvalue weighted by molar-refractivity contribution is 5.99. The van der Waals surface area contributed by atoms with Crippen molar-refractivity contribution in [2.24, 2.45) is 0 Å². The van der Waals surface area contributed by atoms with Crippen LogP contribution in [-0.2, 0) is 9.53 Å². The van der Waals surface area contributed by atoms with Crippen LogP contribution in [0.4, 0.5) is 5.82 Å². The Bertz CT molecular complexity index is 778. The number of hydrogen-bond acceptors (Lipinski definition) is 6. The quantitative estimate of drug-likeness (QED) is 0.495. The second-order valence-electron chi connectivity index (χ2n) is 5.80. The number of amides is 2. The van der Waals surface area contributed by atoms with Crippen LogP contribution < -0.4 is 16.0 Å². The van der Waals surface area contributed by atoms with E-state index >= 15 is 0 Å². The van der Waals surface area contributed by atoms with Gasteiger partial charge in [-0.25, -0.2) is 4.98 Å². The number of aromatic hydroxyl groups is 1. The summed E-state index contributed by atoms with van der Waals surface area (Å²) in [7, 11) is 1.59. The summed E-state index contributed by atoms with van der Waals surface area (Å²) in [4.78, 5) is 27.9. The predicted molar refractivity (Wildman–Crippen MR) is 103 cm³/mol. The predicted octanol–water partition coefficient (Wildman–Crippen LogP) is 1.38. The van der Waals surface area contributed by atoms with Gasteiger partial charge in [0.1, 0.15) is 11.6 Å². The van der Waals surface area contributed by atoms with Crippen molar-refractivity contribution in [3.05, 3.63) is 42.0 Å². The third-order valence-corrected chi connectivity index (χ3v) is 3.69. The number of hydrogen-bond donors (Lipinski definition) is 4. The van der Waals surface area contributed by atoms with Crippen molar-refractivity contribution < 1.29 is 19.4 Å². The molecule has 0 aliphatic carbocycles. The smallest absolute Gasteiger partial charge is 0.255 e. The van der Waals surface area contributed by atoms with Gasteiger partial charge in [0, 0.05) is 39.2 Å². The molecule has 2 aromatic rings. The molecule has 0 radical (unpaired) electrons. The number of phenolic OH excluding ortho intramolecular Hbond substituents is 1. The number of nitrogens with zero attached hydrogens (tertiary/aromatic N) is 1. The van der Waals surface area contributed by atoms with E-state index < -0.39 is 0 Å². The minimum absolute atomic E-state index is 0.147. The van der Waals surface area contributed by atoms with Crippen LogP contribution in [0.1, 0.15) is 17.3 Å². The molecular formula is C19H24N4O4. The molecule has 0 aliphatic heterocycles. The molecule has 0 saturated heterocycles. The van der Waals surface area contributed by atoms with E-state index in [-0.39, 0.29) is 17.6 Å². The second-order valence-corrected chi connectivity index (χ2v) is 5.80. The number of nitrogens with one attached hydrogen (secondary N) is 3. The Hall–Kier alpha value is -3.13. The van der Waals surface area contributed by atoms with Crippen molar-refractivity contribution in [1.29, 1.82) is 0 Å². The van der Waals surface area contributed by atoms with Gasteiger partial charge in [-0.3, -0.25) is 9.59 Å². The Kier molecular flexibility index (Phi) is 7.57. The summed E-state index contributed by atoms with van der Waals surface area (Å²) in [5.41, 5.74) is 1.89. The Morgan fingerprint density at radius 1 is 1.04 bits per heavy atom. The summed E-state index contributed by atoms with van der Waals surface area (Å²) >= 11 is 0. The number of anilines is 1. The van der Waals surface area contributed by atoms with Crippen molar-refractivity contribution in [3.63, 3.8) is 0 Å². The van der Waals surface area contributed by atoms with Crippen LogP contribution >= 0.6 is 0 Å². The van der Waals surface area contributed by atoms with Gasteiger partial charge < -0.3 is 25.8 Å². The normalized spacial score (nSPS) is 10.3. The van der Waals surface area contributed by atoms with Crippen molar-refractivity contribution in [1.82, 2.24) is 15.6 Å². The highest BCUT2D eigenvalue weighted by Gasteiger charge is 2.14. The number of ether oxygens (including phenoxy) is 1. The molecule has 8 nitrogen and oxygen atoms in total. The van der Waals surface area contributed by atoms with E-state index in [9.17, 15) is 14.7 Å². The lowest BCUT2D eigenvalue weighted by molar-refractivity contribution is -0.118. The average molecular weight is 372 g/mol. The number of phenols is 1. The zero-order valence-electron chi connectivity index (χ0n) is 15.4. The van der Waals surface area contributed by atoms with Crippen molar-refractivity contribution in [3.8, 4) is 17.0 Å². The summed E-state index contributed by atoms with van der Waals surface area (Å²) in [6.07, 6.45) is 0. The van der Waals surface area contributed by atoms with Gasteiger partial charge in [0.15, 0.2) is 0 Å². The monoisotopic (exact) mass is 372 g/mol. The Morgan fingerprint density at radius 2 is 1.74 bits per heavy atom. The zero-order chi connectivity index (χ0) is 19.6. The van der Waals surface area contributed by atoms with E-state index in [2.05, 4.69) is 20.9 Å². The lowest BCUT2D eigenvalue weighted by atomic mass is 10.1. The van der Waals surface area contributed by atoms with Crippen LogP contribution in [0, 0.1) is 0 Å². The fraction of sp³-hybridized carbons (Fsp3) is 0.316. The molecule has 0 aliphatic rings. The number of pyridine rings is 1. The first-order valence-corrected chi connectivity index (χ1v) is 8.57. The van der Waals surface area contributed by atoms with Gasteiger partial charge in [-0.1, -0.05) is 0 Å². The second kappa shape index (κ2) is 10.1. The molecule has 0 bridgehead atoms. The number of aromatic nitrogens is 1. The summed E-state index contributed by atoms with van der Waals surface area (Å²) in [6.45, 7) is 3.05. The number of carbonyl (C=O) groups excluding carboxylic acids is 2. The van der Waals surface area contributed by atoms with Gasteiger partial charge in [0.05, 0.1) is 17.9 Å². The SMILES string of the molecule is COCCNc1nc(-c2ccc(O)cc2)ccc1C(=O)NCCNC(C)=O. The third-order valence-electron chi connectivity index (χ3n) is 3.69. The fourth-order valence-corrected chi connectivity index (χ4v) is 2.35. The maximum Gasteiger partial charge on any atom is 0.255 e. The molecule has 2 amide bonds. The third kappa shape index (κ3) is 6.27. The Labute approximate surface area is 158 Å². The minimum atomic E-state index is -0.287. The fourth-order valence-electron chi connectivity index (χ4n) is 2.35. The highest BCUT2D eigenvalue weighted by atomic mass is 16.5. The molecule has 0 spiro atoms. The van der Waals surface area contributed by atoms with Gasteiger partial charge in [-0.2, -0.15) is 0 Å². The lowest BCUT2D eigenvalue weighted by Crippen LogP contribution is -2.34. The van der Waals surface area contributed by atoms with E-state index in [1.54, 1.807) is 43.5 Å². The maximum absolute atomic E-state index is 12.5. The van der Waals surface area contributed by atoms with Crippen molar-refractivity contribution >= 4 is 17.6 Å². The van der Waals surface area contributed by atoms with Gasteiger partial charge in [-0.15, -0.1) is 0 Å². The van der Waals surface area contributed by atoms with E-state index in [1.807, 2.05) is 0 Å². The molecule has 0 fully saturated rings. The van der Waals surface area contributed by atoms with Crippen molar-refractivity contribution in [2.45, 2.75) is 6.92 Å². The molecular weight excluding hydrogens is 348 g/mol. The molecule has 1 aromatic heterocycles. The number of carbonyl (C=O) groups is 2. The molecule has 144 valence electrons. The van der Waals surface area contributed by atoms with Crippen LogP contribution in [-0.4, -0.2) is 55.3 Å². The average Bonchev–Trinajstić information content (AvgIpc) is 2.65. The Morgan fingerprint density at radius 3 is 2.41 bits per heavy atom. The lowest BCUT2D eigenvalue weighted by Gasteiger charge is -2.13. The van der Waals surface area contributed by atoms with Crippen LogP contribution in [0.5, 0.6) is 5.75 Å². The summed E-state index contributed by atoms with van der Waals surface area (Å²) < 4.78 is 5.04. The number of rotatable bonds is 9. The first kappa shape index (κ1) is 20.2. The van der Waals surface area contributed by atoms with E-state index in [1.165, 1.54) is 6.92 Å². The van der Waals surface area contributed by atoms with Gasteiger partial charge in [0.25, 0.3) is 5.91 Å². The summed E-state index contributed by atoms with van der Waals surface area (Å²) in [5, 5.41) is 17.9. The van der Waals surface area contributed by atoms with E-state index in [0.29, 0.717) is 43.3 Å². The van der Waals surface area contributed by atoms with E-state index in [0.717, 1.165) is 5.56 Å². The topological polar surface area (TPSA) is 113 Å². The van der Waals surface area contributed by atoms with Crippen LogP contribution in [0.15, 0.2) is 36.4 Å². The minimum Gasteiger partial charge on any atom is -0.508 e. The molecule has 1 heterocycles. The molecule has 2 rings (SSSR count). The largest absolute Gasteiger partial charge is 0.508 e. The van der Waals surface area contributed by atoms with Crippen LogP contribution in [0.3, 0.4) is 0 Å². The molecule has 0 atom stereocenters. The van der Waals surface area contributed by atoms with Crippen molar-refractivity contribution in [2.75, 3.05) is 38.7 Å². The van der Waals surface area contributed by atoms with Gasteiger partial charge in [0.2, 0.25) is 5.91 Å². The number of benzene rings is 1. The molecule has 0 saturated carbocycles. The molecule has 8 heteroatoms. The summed E-state index contributed by atoms with van der Waals surface area (Å²) in [6, 6.07) is 10.1. The highest BCUT2D eigenvalue weighted by Crippen LogP contribution is 2.23. The van der Waals surface area contributed by atoms with Crippen LogP contribution in [0.25, 0.3) is 11.3 Å². The van der Waals surface area contributed by atoms with E-state index in [4.69, 9.17) is 4.74 Å². The summed E-state index contributed by atoms with van der Waals surface area (Å²) in [5.74, 6) is 0.179. The molecule has 1 aromatic carbocycles. The molecule has 4 N–H and O–H groups in total. The van der Waals surface area contributed by atoms with Gasteiger partial charge >= 0.3 is 0 Å². The standard InChI is InChI=1S/C19H24N4O4/c1-13(24)20-9-10-22-19(26)16-7-8-17(14-3-5-15(25)6-4-14)23-18(16)21-11-12-27-2/h3-8,25H,9-12H2,1-2H3,(H,20,24)(H,21,23)(H,22,26). The molecule has 0 unspecified atom stereocenters. The Balaban J connectivity index is 2.17. The van der Waals surface area contributed by atoms with Gasteiger partial charge in [-0.05, 0) is 36.4 Å². The first-order valence-electron chi connectivity index (χ1n) is 8.57. The first-order chi connectivity index (χ1) is 13.0. The number of methoxy groups -OCH3 is 1. The maximum atomic E-state index is 12.5. The molecule has 27 heavy (non-hydrogen) atoms. The zero-order valence-corrected chi connectivity index (χ0v) is 15.4.